The fraction of sp³-hybridized carbons (Fsp3) is 0.333. The highest BCUT2D eigenvalue weighted by molar-refractivity contribution is 6.22. The SMILES string of the molecule is COC(=O)Nc1ccc2c(c1)C(=O)c1cc(N3CC4CNCC4C3)ccc1-2. The van der Waals surface area contributed by atoms with Crippen LogP contribution in [0.2, 0.25) is 0 Å². The summed E-state index contributed by atoms with van der Waals surface area (Å²) in [4.78, 5) is 26.8. The third-order valence-electron chi connectivity index (χ3n) is 5.99. The number of methoxy groups -OCH3 is 1. The van der Waals surface area contributed by atoms with Crippen LogP contribution in [0.15, 0.2) is 36.4 Å². The zero-order chi connectivity index (χ0) is 18.5. The molecule has 5 rings (SSSR count). The van der Waals surface area contributed by atoms with Crippen LogP contribution in [0.4, 0.5) is 16.2 Å². The molecule has 2 aromatic carbocycles. The average molecular weight is 363 g/mol. The molecule has 2 atom stereocenters. The Kier molecular flexibility index (Phi) is 3.68. The van der Waals surface area contributed by atoms with Crippen molar-refractivity contribution in [3.8, 4) is 11.1 Å². The number of hydrogen-bond acceptors (Lipinski definition) is 5. The van der Waals surface area contributed by atoms with Crippen LogP contribution in [-0.4, -0.2) is 45.2 Å². The van der Waals surface area contributed by atoms with Gasteiger partial charge in [-0.1, -0.05) is 12.1 Å². The number of benzene rings is 2. The van der Waals surface area contributed by atoms with Gasteiger partial charge in [-0.25, -0.2) is 4.79 Å². The van der Waals surface area contributed by atoms with E-state index in [1.165, 1.54) is 7.11 Å². The fourth-order valence-corrected chi connectivity index (χ4v) is 4.58. The van der Waals surface area contributed by atoms with Gasteiger partial charge in [0.1, 0.15) is 0 Å². The summed E-state index contributed by atoms with van der Waals surface area (Å²) in [6.07, 6.45) is -0.547. The number of carbonyl (C=O) groups is 2. The van der Waals surface area contributed by atoms with Crippen molar-refractivity contribution < 1.29 is 14.3 Å². The molecule has 6 heteroatoms. The summed E-state index contributed by atoms with van der Waals surface area (Å²) < 4.78 is 4.62. The Morgan fingerprint density at radius 3 is 2.41 bits per heavy atom. The zero-order valence-corrected chi connectivity index (χ0v) is 15.1. The van der Waals surface area contributed by atoms with Gasteiger partial charge in [-0.3, -0.25) is 10.1 Å². The summed E-state index contributed by atoms with van der Waals surface area (Å²) in [5, 5.41) is 6.08. The molecular formula is C21H21N3O3. The van der Waals surface area contributed by atoms with Crippen LogP contribution in [0.3, 0.4) is 0 Å². The quantitative estimate of drug-likeness (QED) is 0.733. The van der Waals surface area contributed by atoms with Crippen molar-refractivity contribution in [1.82, 2.24) is 5.32 Å². The first-order chi connectivity index (χ1) is 13.1. The van der Waals surface area contributed by atoms with Gasteiger partial charge in [0, 0.05) is 48.7 Å². The van der Waals surface area contributed by atoms with E-state index in [1.54, 1.807) is 12.1 Å². The van der Waals surface area contributed by atoms with Crippen LogP contribution in [0.1, 0.15) is 15.9 Å². The van der Waals surface area contributed by atoms with Crippen LogP contribution >= 0.6 is 0 Å². The standard InChI is InChI=1S/C21H21N3O3/c1-27-21(26)23-14-2-4-16-17-5-3-15(7-19(17)20(25)18(16)6-14)24-10-12-8-22-9-13(12)11-24/h2-7,12-13,22H,8-11H2,1H3,(H,23,26). The second-order valence-electron chi connectivity index (χ2n) is 7.52. The van der Waals surface area contributed by atoms with Gasteiger partial charge in [0.15, 0.2) is 5.78 Å². The number of amides is 1. The van der Waals surface area contributed by atoms with Crippen LogP contribution in [0.25, 0.3) is 11.1 Å². The molecule has 2 unspecified atom stereocenters. The molecule has 2 fully saturated rings. The molecule has 2 N–H and O–H groups in total. The Balaban J connectivity index is 1.44. The minimum atomic E-state index is -0.547. The Morgan fingerprint density at radius 1 is 1.04 bits per heavy atom. The minimum Gasteiger partial charge on any atom is -0.453 e. The number of nitrogens with one attached hydrogen (secondary N) is 2. The molecule has 0 spiro atoms. The van der Waals surface area contributed by atoms with Crippen molar-refractivity contribution in [2.24, 2.45) is 11.8 Å². The maximum absolute atomic E-state index is 13.0. The Morgan fingerprint density at radius 2 is 1.70 bits per heavy atom. The molecule has 1 aliphatic carbocycles. The van der Waals surface area contributed by atoms with Crippen LogP contribution in [0.5, 0.6) is 0 Å². The van der Waals surface area contributed by atoms with Gasteiger partial charge in [0.2, 0.25) is 0 Å². The first-order valence-corrected chi connectivity index (χ1v) is 9.28. The highest BCUT2D eigenvalue weighted by atomic mass is 16.5. The maximum atomic E-state index is 13.0. The molecule has 138 valence electrons. The number of nitrogens with zero attached hydrogens (tertiary/aromatic N) is 1. The van der Waals surface area contributed by atoms with E-state index in [0.29, 0.717) is 23.1 Å². The second-order valence-corrected chi connectivity index (χ2v) is 7.52. The third kappa shape index (κ3) is 2.59. The van der Waals surface area contributed by atoms with Crippen molar-refractivity contribution in [3.63, 3.8) is 0 Å². The molecule has 2 aliphatic heterocycles. The van der Waals surface area contributed by atoms with Gasteiger partial charge in [0.05, 0.1) is 7.11 Å². The number of ketones is 1. The molecule has 3 aliphatic rings. The minimum absolute atomic E-state index is 0.0106. The van der Waals surface area contributed by atoms with Crippen molar-refractivity contribution in [1.29, 1.82) is 0 Å². The third-order valence-corrected chi connectivity index (χ3v) is 5.99. The highest BCUT2D eigenvalue weighted by Gasteiger charge is 2.37. The van der Waals surface area contributed by atoms with E-state index >= 15 is 0 Å². The lowest BCUT2D eigenvalue weighted by atomic mass is 10.0. The van der Waals surface area contributed by atoms with E-state index in [9.17, 15) is 9.59 Å². The molecule has 0 radical (unpaired) electrons. The van der Waals surface area contributed by atoms with Crippen molar-refractivity contribution in [3.05, 3.63) is 47.5 Å². The summed E-state index contributed by atoms with van der Waals surface area (Å²) in [6, 6.07) is 11.6. The summed E-state index contributed by atoms with van der Waals surface area (Å²) in [6.45, 7) is 4.27. The number of fused-ring (bicyclic) bond motifs is 4. The van der Waals surface area contributed by atoms with Gasteiger partial charge in [-0.2, -0.15) is 0 Å². The Bertz CT molecular complexity index is 944. The normalized spacial score (nSPS) is 22.4. The lowest BCUT2D eigenvalue weighted by molar-refractivity contribution is 0.104. The number of rotatable bonds is 2. The predicted molar refractivity (Wildman–Crippen MR) is 103 cm³/mol. The number of ether oxygens (including phenoxy) is 1. The highest BCUT2D eigenvalue weighted by Crippen LogP contribution is 2.40. The second kappa shape index (κ2) is 6.09. The first kappa shape index (κ1) is 16.3. The molecule has 1 amide bonds. The monoisotopic (exact) mass is 363 g/mol. The van der Waals surface area contributed by atoms with Crippen LogP contribution < -0.4 is 15.5 Å². The van der Waals surface area contributed by atoms with Crippen molar-refractivity contribution in [2.75, 3.05) is 43.5 Å². The lowest BCUT2D eigenvalue weighted by Gasteiger charge is -2.20. The van der Waals surface area contributed by atoms with E-state index in [1.807, 2.05) is 18.2 Å². The topological polar surface area (TPSA) is 70.7 Å². The van der Waals surface area contributed by atoms with E-state index in [-0.39, 0.29) is 5.78 Å². The van der Waals surface area contributed by atoms with Crippen molar-refractivity contribution >= 4 is 23.3 Å². The molecule has 0 aromatic heterocycles. The summed E-state index contributed by atoms with van der Waals surface area (Å²) in [5.74, 6) is 1.42. The number of anilines is 2. The van der Waals surface area contributed by atoms with Gasteiger partial charge < -0.3 is 15.0 Å². The van der Waals surface area contributed by atoms with E-state index in [0.717, 1.165) is 48.6 Å². The summed E-state index contributed by atoms with van der Waals surface area (Å²) >= 11 is 0. The Labute approximate surface area is 157 Å². The largest absolute Gasteiger partial charge is 0.453 e. The van der Waals surface area contributed by atoms with Gasteiger partial charge in [0.25, 0.3) is 0 Å². The zero-order valence-electron chi connectivity index (χ0n) is 15.1. The van der Waals surface area contributed by atoms with Gasteiger partial charge >= 0.3 is 6.09 Å². The van der Waals surface area contributed by atoms with Crippen LogP contribution in [0, 0.1) is 11.8 Å². The molecule has 0 saturated carbocycles. The van der Waals surface area contributed by atoms with Crippen LogP contribution in [-0.2, 0) is 4.74 Å². The molecule has 6 nitrogen and oxygen atoms in total. The Hall–Kier alpha value is -2.86. The lowest BCUT2D eigenvalue weighted by Crippen LogP contribution is -2.25. The molecule has 0 bridgehead atoms. The van der Waals surface area contributed by atoms with E-state index in [4.69, 9.17) is 0 Å². The molecule has 2 saturated heterocycles. The fourth-order valence-electron chi connectivity index (χ4n) is 4.58. The maximum Gasteiger partial charge on any atom is 0.411 e. The number of hydrogen-bond donors (Lipinski definition) is 2. The smallest absolute Gasteiger partial charge is 0.411 e. The summed E-state index contributed by atoms with van der Waals surface area (Å²) in [7, 11) is 1.31. The van der Waals surface area contributed by atoms with Crippen molar-refractivity contribution in [2.45, 2.75) is 0 Å². The molecular weight excluding hydrogens is 342 g/mol. The average Bonchev–Trinajstić information content (AvgIpc) is 3.35. The molecule has 27 heavy (non-hydrogen) atoms. The van der Waals surface area contributed by atoms with E-state index in [2.05, 4.69) is 26.3 Å². The van der Waals surface area contributed by atoms with Gasteiger partial charge in [-0.05, 0) is 47.2 Å². The van der Waals surface area contributed by atoms with E-state index < -0.39 is 6.09 Å². The molecule has 2 aromatic rings. The van der Waals surface area contributed by atoms with Gasteiger partial charge in [-0.15, -0.1) is 0 Å². The number of carbonyl (C=O) groups excluding carboxylic acids is 2. The predicted octanol–water partition coefficient (Wildman–Crippen LogP) is 2.73. The molecule has 2 heterocycles. The summed E-state index contributed by atoms with van der Waals surface area (Å²) in [5.41, 5.74) is 4.93. The first-order valence-electron chi connectivity index (χ1n) is 9.28.